The van der Waals surface area contributed by atoms with Crippen molar-refractivity contribution in [2.24, 2.45) is 0 Å². The second-order valence-electron chi connectivity index (χ2n) is 5.04. The van der Waals surface area contributed by atoms with Crippen LogP contribution in [0.25, 0.3) is 0 Å². The average Bonchev–Trinajstić information content (AvgIpc) is 2.63. The van der Waals surface area contributed by atoms with Crippen molar-refractivity contribution in [3.8, 4) is 0 Å². The lowest BCUT2D eigenvalue weighted by Crippen LogP contribution is -2.21. The molecule has 1 N–H and O–H groups in total. The number of benzene rings is 2. The van der Waals surface area contributed by atoms with Gasteiger partial charge in [-0.3, -0.25) is 0 Å². The van der Waals surface area contributed by atoms with E-state index in [9.17, 15) is 0 Å². The van der Waals surface area contributed by atoms with E-state index >= 15 is 0 Å². The van der Waals surface area contributed by atoms with Crippen LogP contribution in [0, 0.1) is 0 Å². The number of hydrogen-bond acceptors (Lipinski definition) is 1. The third-order valence-corrected chi connectivity index (χ3v) is 3.78. The maximum absolute atomic E-state index is 3.56. The minimum Gasteiger partial charge on any atom is -0.316 e. The summed E-state index contributed by atoms with van der Waals surface area (Å²) in [5.74, 6) is 0.603. The highest BCUT2D eigenvalue weighted by Gasteiger charge is 2.18. The van der Waals surface area contributed by atoms with Gasteiger partial charge in [-0.25, -0.2) is 0 Å². The van der Waals surface area contributed by atoms with Crippen LogP contribution >= 0.6 is 0 Å². The molecule has 1 aliphatic heterocycles. The van der Waals surface area contributed by atoms with Gasteiger partial charge in [0.15, 0.2) is 0 Å². The first-order valence-electron chi connectivity index (χ1n) is 6.76. The Morgan fingerprint density at radius 3 is 2.61 bits per heavy atom. The summed E-state index contributed by atoms with van der Waals surface area (Å²) < 4.78 is 0. The molecule has 1 nitrogen and oxygen atoms in total. The Bertz CT molecular complexity index is 504. The third-order valence-electron chi connectivity index (χ3n) is 3.78. The fraction of sp³-hybridized carbons (Fsp3) is 0.294. The second kappa shape index (κ2) is 5.36. The zero-order valence-corrected chi connectivity index (χ0v) is 10.6. The van der Waals surface area contributed by atoms with Crippen LogP contribution in [0.4, 0.5) is 0 Å². The van der Waals surface area contributed by atoms with Crippen LogP contribution in [0.2, 0.25) is 0 Å². The van der Waals surface area contributed by atoms with E-state index in [4.69, 9.17) is 0 Å². The highest BCUT2D eigenvalue weighted by Crippen LogP contribution is 2.25. The van der Waals surface area contributed by atoms with Crippen molar-refractivity contribution in [1.82, 2.24) is 5.32 Å². The van der Waals surface area contributed by atoms with Gasteiger partial charge in [-0.1, -0.05) is 54.6 Å². The van der Waals surface area contributed by atoms with Gasteiger partial charge in [-0.15, -0.1) is 0 Å². The second-order valence-corrected chi connectivity index (χ2v) is 5.04. The molecule has 0 aromatic heterocycles. The number of fused-ring (bicyclic) bond motifs is 1. The quantitative estimate of drug-likeness (QED) is 0.846. The maximum Gasteiger partial charge on any atom is 0.00235 e. The highest BCUT2D eigenvalue weighted by molar-refractivity contribution is 5.33. The highest BCUT2D eigenvalue weighted by atomic mass is 14.9. The summed E-state index contributed by atoms with van der Waals surface area (Å²) in [6.45, 7) is 2.19. The standard InChI is InChI=1S/C17H19N/c1-2-6-14(7-3-1)12-16-13-18-11-10-15-8-4-5-9-17(15)16/h1-9,16,18H,10-13H2/t16-/m0/s1. The Kier molecular flexibility index (Phi) is 3.42. The monoisotopic (exact) mass is 237 g/mol. The van der Waals surface area contributed by atoms with Crippen LogP contribution in [-0.2, 0) is 12.8 Å². The molecule has 1 heteroatoms. The molecule has 0 aliphatic carbocycles. The zero-order chi connectivity index (χ0) is 12.2. The van der Waals surface area contributed by atoms with Gasteiger partial charge in [-0.05, 0) is 36.1 Å². The predicted octanol–water partition coefficient (Wildman–Crippen LogP) is 3.16. The first-order chi connectivity index (χ1) is 8.93. The number of nitrogens with one attached hydrogen (secondary N) is 1. The normalized spacial score (nSPS) is 19.0. The first-order valence-corrected chi connectivity index (χ1v) is 6.76. The largest absolute Gasteiger partial charge is 0.316 e. The van der Waals surface area contributed by atoms with Gasteiger partial charge < -0.3 is 5.32 Å². The van der Waals surface area contributed by atoms with Gasteiger partial charge in [0.25, 0.3) is 0 Å². The van der Waals surface area contributed by atoms with E-state index in [0.29, 0.717) is 5.92 Å². The molecular weight excluding hydrogens is 218 g/mol. The van der Waals surface area contributed by atoms with Crippen molar-refractivity contribution in [3.63, 3.8) is 0 Å². The third kappa shape index (κ3) is 2.46. The van der Waals surface area contributed by atoms with Gasteiger partial charge in [0.05, 0.1) is 0 Å². The van der Waals surface area contributed by atoms with Crippen molar-refractivity contribution in [2.45, 2.75) is 18.8 Å². The number of rotatable bonds is 2. The summed E-state index contributed by atoms with van der Waals surface area (Å²) in [5, 5.41) is 3.56. The van der Waals surface area contributed by atoms with Crippen LogP contribution in [0.5, 0.6) is 0 Å². The molecule has 0 amide bonds. The molecule has 0 saturated heterocycles. The molecule has 3 rings (SSSR count). The zero-order valence-electron chi connectivity index (χ0n) is 10.6. The topological polar surface area (TPSA) is 12.0 Å². The smallest absolute Gasteiger partial charge is 0.00235 e. The van der Waals surface area contributed by atoms with E-state index in [2.05, 4.69) is 59.9 Å². The van der Waals surface area contributed by atoms with E-state index in [1.165, 1.54) is 16.7 Å². The van der Waals surface area contributed by atoms with Crippen molar-refractivity contribution in [1.29, 1.82) is 0 Å². The molecule has 1 heterocycles. The van der Waals surface area contributed by atoms with Crippen LogP contribution in [0.3, 0.4) is 0 Å². The van der Waals surface area contributed by atoms with Gasteiger partial charge >= 0.3 is 0 Å². The summed E-state index contributed by atoms with van der Waals surface area (Å²) in [6, 6.07) is 19.7. The van der Waals surface area contributed by atoms with Gasteiger partial charge in [-0.2, -0.15) is 0 Å². The summed E-state index contributed by atoms with van der Waals surface area (Å²) in [7, 11) is 0. The van der Waals surface area contributed by atoms with Gasteiger partial charge in [0.2, 0.25) is 0 Å². The molecule has 0 bridgehead atoms. The molecule has 1 atom stereocenters. The fourth-order valence-electron chi connectivity index (χ4n) is 2.85. The van der Waals surface area contributed by atoms with E-state index in [-0.39, 0.29) is 0 Å². The molecule has 0 radical (unpaired) electrons. The molecule has 92 valence electrons. The Balaban J connectivity index is 1.88. The SMILES string of the molecule is c1ccc(C[C@H]2CNCCc3ccccc32)cc1. The minimum absolute atomic E-state index is 0.603. The van der Waals surface area contributed by atoms with Crippen LogP contribution in [0.15, 0.2) is 54.6 Å². The van der Waals surface area contributed by atoms with Crippen molar-refractivity contribution in [3.05, 3.63) is 71.3 Å². The average molecular weight is 237 g/mol. The molecule has 0 spiro atoms. The maximum atomic E-state index is 3.56. The minimum atomic E-state index is 0.603. The molecular formula is C17H19N. The Morgan fingerprint density at radius 1 is 0.944 bits per heavy atom. The molecule has 18 heavy (non-hydrogen) atoms. The fourth-order valence-corrected chi connectivity index (χ4v) is 2.85. The first kappa shape index (κ1) is 11.5. The lowest BCUT2D eigenvalue weighted by atomic mass is 9.89. The number of hydrogen-bond donors (Lipinski definition) is 1. The van der Waals surface area contributed by atoms with Crippen LogP contribution < -0.4 is 5.32 Å². The van der Waals surface area contributed by atoms with Gasteiger partial charge in [0, 0.05) is 12.5 Å². The van der Waals surface area contributed by atoms with E-state index < -0.39 is 0 Å². The van der Waals surface area contributed by atoms with E-state index in [0.717, 1.165) is 25.9 Å². The van der Waals surface area contributed by atoms with Crippen molar-refractivity contribution < 1.29 is 0 Å². The molecule has 1 aliphatic rings. The van der Waals surface area contributed by atoms with Crippen LogP contribution in [-0.4, -0.2) is 13.1 Å². The van der Waals surface area contributed by atoms with E-state index in [1.807, 2.05) is 0 Å². The summed E-state index contributed by atoms with van der Waals surface area (Å²) in [4.78, 5) is 0. The Morgan fingerprint density at radius 2 is 1.72 bits per heavy atom. The molecule has 2 aromatic carbocycles. The van der Waals surface area contributed by atoms with Gasteiger partial charge in [0.1, 0.15) is 0 Å². The predicted molar refractivity (Wildman–Crippen MR) is 75.9 cm³/mol. The molecule has 2 aromatic rings. The molecule has 0 fully saturated rings. The summed E-state index contributed by atoms with van der Waals surface area (Å²) >= 11 is 0. The Hall–Kier alpha value is -1.60. The Labute approximate surface area is 109 Å². The molecule has 0 saturated carbocycles. The van der Waals surface area contributed by atoms with E-state index in [1.54, 1.807) is 0 Å². The summed E-state index contributed by atoms with van der Waals surface area (Å²) in [5.41, 5.74) is 4.48. The summed E-state index contributed by atoms with van der Waals surface area (Å²) in [6.07, 6.45) is 2.28. The van der Waals surface area contributed by atoms with Crippen molar-refractivity contribution in [2.75, 3.05) is 13.1 Å². The molecule has 0 unspecified atom stereocenters. The van der Waals surface area contributed by atoms with Crippen molar-refractivity contribution >= 4 is 0 Å². The van der Waals surface area contributed by atoms with Crippen LogP contribution in [0.1, 0.15) is 22.6 Å². The lowest BCUT2D eigenvalue weighted by Gasteiger charge is -2.17. The lowest BCUT2D eigenvalue weighted by molar-refractivity contribution is 0.606.